The molecular formula is C12H12Cl2FN. The van der Waals surface area contributed by atoms with Crippen molar-refractivity contribution in [2.45, 2.75) is 19.9 Å². The van der Waals surface area contributed by atoms with E-state index in [2.05, 4.69) is 17.2 Å². The van der Waals surface area contributed by atoms with Crippen LogP contribution in [0.2, 0.25) is 10.0 Å². The van der Waals surface area contributed by atoms with Gasteiger partial charge >= 0.3 is 0 Å². The van der Waals surface area contributed by atoms with E-state index in [0.717, 1.165) is 0 Å². The van der Waals surface area contributed by atoms with Crippen molar-refractivity contribution in [2.75, 3.05) is 6.54 Å². The molecule has 0 saturated carbocycles. The van der Waals surface area contributed by atoms with E-state index in [0.29, 0.717) is 17.1 Å². The van der Waals surface area contributed by atoms with Gasteiger partial charge in [-0.15, -0.1) is 5.92 Å². The fourth-order valence-corrected chi connectivity index (χ4v) is 2.03. The van der Waals surface area contributed by atoms with Gasteiger partial charge in [-0.1, -0.05) is 29.1 Å². The predicted molar refractivity (Wildman–Crippen MR) is 66.3 cm³/mol. The van der Waals surface area contributed by atoms with E-state index < -0.39 is 5.82 Å². The molecule has 0 aliphatic heterocycles. The highest BCUT2D eigenvalue weighted by atomic mass is 35.5. The summed E-state index contributed by atoms with van der Waals surface area (Å²) in [6.07, 6.45) is 0. The average Bonchev–Trinajstić information content (AvgIpc) is 2.24. The summed E-state index contributed by atoms with van der Waals surface area (Å²) in [6, 6.07) is 2.62. The minimum Gasteiger partial charge on any atom is -0.299 e. The molecule has 0 aromatic heterocycles. The lowest BCUT2D eigenvalue weighted by molar-refractivity contribution is 0.598. The van der Waals surface area contributed by atoms with Crippen LogP contribution in [0.1, 0.15) is 25.5 Å². The van der Waals surface area contributed by atoms with Gasteiger partial charge in [-0.2, -0.15) is 0 Å². The Hall–Kier alpha value is -0.750. The second kappa shape index (κ2) is 6.10. The summed E-state index contributed by atoms with van der Waals surface area (Å²) < 4.78 is 13.3. The zero-order chi connectivity index (χ0) is 12.1. The molecule has 0 heterocycles. The topological polar surface area (TPSA) is 12.0 Å². The van der Waals surface area contributed by atoms with Gasteiger partial charge in [-0.05, 0) is 26.0 Å². The molecule has 0 saturated heterocycles. The van der Waals surface area contributed by atoms with Crippen LogP contribution in [-0.2, 0) is 0 Å². The summed E-state index contributed by atoms with van der Waals surface area (Å²) in [5.41, 5.74) is 0.571. The van der Waals surface area contributed by atoms with Crippen molar-refractivity contribution in [3.8, 4) is 11.8 Å². The zero-order valence-electron chi connectivity index (χ0n) is 9.07. The summed E-state index contributed by atoms with van der Waals surface area (Å²) in [5.74, 6) is 5.16. The molecule has 0 aliphatic carbocycles. The molecule has 1 rings (SSSR count). The van der Waals surface area contributed by atoms with Gasteiger partial charge in [0.15, 0.2) is 0 Å². The first-order chi connectivity index (χ1) is 7.57. The highest BCUT2D eigenvalue weighted by Crippen LogP contribution is 2.32. The Labute approximate surface area is 105 Å². The number of nitrogens with one attached hydrogen (secondary N) is 1. The van der Waals surface area contributed by atoms with Crippen LogP contribution in [0, 0.1) is 17.7 Å². The number of hydrogen-bond acceptors (Lipinski definition) is 1. The Morgan fingerprint density at radius 3 is 2.75 bits per heavy atom. The van der Waals surface area contributed by atoms with Crippen LogP contribution in [0.3, 0.4) is 0 Å². The smallest absolute Gasteiger partial charge is 0.142 e. The molecule has 1 atom stereocenters. The third-order valence-corrected chi connectivity index (χ3v) is 2.90. The van der Waals surface area contributed by atoms with Crippen molar-refractivity contribution in [3.63, 3.8) is 0 Å². The van der Waals surface area contributed by atoms with Gasteiger partial charge in [0.25, 0.3) is 0 Å². The lowest BCUT2D eigenvalue weighted by Crippen LogP contribution is -2.19. The summed E-state index contributed by atoms with van der Waals surface area (Å²) in [5, 5.41) is 3.62. The molecule has 1 unspecified atom stereocenters. The summed E-state index contributed by atoms with van der Waals surface area (Å²) in [7, 11) is 0. The molecule has 0 fully saturated rings. The monoisotopic (exact) mass is 259 g/mol. The second-order valence-corrected chi connectivity index (χ2v) is 4.07. The number of rotatable bonds is 3. The van der Waals surface area contributed by atoms with Crippen LogP contribution in [0.25, 0.3) is 0 Å². The molecule has 86 valence electrons. The van der Waals surface area contributed by atoms with Gasteiger partial charge in [-0.3, -0.25) is 5.32 Å². The Morgan fingerprint density at radius 2 is 2.12 bits per heavy atom. The summed E-state index contributed by atoms with van der Waals surface area (Å²) >= 11 is 11.9. The molecular weight excluding hydrogens is 248 g/mol. The van der Waals surface area contributed by atoms with Crippen LogP contribution in [0.15, 0.2) is 12.1 Å². The van der Waals surface area contributed by atoms with E-state index in [-0.39, 0.29) is 11.1 Å². The normalized spacial score (nSPS) is 11.8. The number of hydrogen-bond donors (Lipinski definition) is 1. The van der Waals surface area contributed by atoms with Crippen molar-refractivity contribution in [2.24, 2.45) is 0 Å². The standard InChI is InChI=1S/C12H12Cl2FN/c1-3-4-7-16-8(2)11-9(13)5-6-10(15)12(11)14/h5-6,8,16H,7H2,1-2H3. The number of halogens is 3. The van der Waals surface area contributed by atoms with E-state index in [1.54, 1.807) is 6.92 Å². The Kier molecular flexibility index (Phi) is 5.08. The van der Waals surface area contributed by atoms with Crippen LogP contribution in [-0.4, -0.2) is 6.54 Å². The van der Waals surface area contributed by atoms with Crippen LogP contribution >= 0.6 is 23.2 Å². The molecule has 0 radical (unpaired) electrons. The van der Waals surface area contributed by atoms with Gasteiger partial charge in [0.05, 0.1) is 11.6 Å². The SMILES string of the molecule is CC#CCNC(C)c1c(Cl)ccc(F)c1Cl. The minimum atomic E-state index is -0.462. The average molecular weight is 260 g/mol. The summed E-state index contributed by atoms with van der Waals surface area (Å²) in [6.45, 7) is 4.14. The molecule has 1 nitrogen and oxygen atoms in total. The molecule has 0 bridgehead atoms. The third kappa shape index (κ3) is 3.12. The minimum absolute atomic E-state index is 0.0666. The molecule has 4 heteroatoms. The lowest BCUT2D eigenvalue weighted by atomic mass is 10.1. The van der Waals surface area contributed by atoms with Gasteiger partial charge in [0, 0.05) is 16.6 Å². The molecule has 16 heavy (non-hydrogen) atoms. The first-order valence-electron chi connectivity index (χ1n) is 4.84. The molecule has 1 N–H and O–H groups in total. The molecule has 0 amide bonds. The summed E-state index contributed by atoms with van der Waals surface area (Å²) in [4.78, 5) is 0. The third-order valence-electron chi connectivity index (χ3n) is 2.19. The molecule has 1 aromatic carbocycles. The first-order valence-corrected chi connectivity index (χ1v) is 5.60. The van der Waals surface area contributed by atoms with E-state index in [1.165, 1.54) is 12.1 Å². The molecule has 0 aliphatic rings. The van der Waals surface area contributed by atoms with Gasteiger partial charge in [0.1, 0.15) is 5.82 Å². The van der Waals surface area contributed by atoms with Crippen molar-refractivity contribution < 1.29 is 4.39 Å². The number of benzene rings is 1. The van der Waals surface area contributed by atoms with Crippen molar-refractivity contribution >= 4 is 23.2 Å². The maximum Gasteiger partial charge on any atom is 0.142 e. The van der Waals surface area contributed by atoms with Crippen molar-refractivity contribution in [1.82, 2.24) is 5.32 Å². The Bertz CT molecular complexity index is 435. The van der Waals surface area contributed by atoms with Crippen LogP contribution in [0.5, 0.6) is 0 Å². The van der Waals surface area contributed by atoms with Gasteiger partial charge in [-0.25, -0.2) is 4.39 Å². The predicted octanol–water partition coefficient (Wildman–Crippen LogP) is 3.81. The fourth-order valence-electron chi connectivity index (χ4n) is 1.33. The molecule has 1 aromatic rings. The highest BCUT2D eigenvalue weighted by Gasteiger charge is 2.16. The fraction of sp³-hybridized carbons (Fsp3) is 0.333. The highest BCUT2D eigenvalue weighted by molar-refractivity contribution is 6.36. The van der Waals surface area contributed by atoms with Gasteiger partial charge < -0.3 is 0 Å². The van der Waals surface area contributed by atoms with Crippen LogP contribution in [0.4, 0.5) is 4.39 Å². The maximum absolute atomic E-state index is 13.3. The Morgan fingerprint density at radius 1 is 1.44 bits per heavy atom. The quantitative estimate of drug-likeness (QED) is 0.643. The van der Waals surface area contributed by atoms with E-state index in [9.17, 15) is 4.39 Å². The Balaban J connectivity index is 2.92. The van der Waals surface area contributed by atoms with Gasteiger partial charge in [0.2, 0.25) is 0 Å². The zero-order valence-corrected chi connectivity index (χ0v) is 10.6. The first kappa shape index (κ1) is 13.3. The van der Waals surface area contributed by atoms with E-state index in [1.807, 2.05) is 6.92 Å². The largest absolute Gasteiger partial charge is 0.299 e. The van der Waals surface area contributed by atoms with E-state index in [4.69, 9.17) is 23.2 Å². The van der Waals surface area contributed by atoms with E-state index >= 15 is 0 Å². The van der Waals surface area contributed by atoms with Crippen molar-refractivity contribution in [1.29, 1.82) is 0 Å². The second-order valence-electron chi connectivity index (χ2n) is 3.29. The van der Waals surface area contributed by atoms with Crippen molar-refractivity contribution in [3.05, 3.63) is 33.6 Å². The van der Waals surface area contributed by atoms with Crippen LogP contribution < -0.4 is 5.32 Å². The maximum atomic E-state index is 13.3. The lowest BCUT2D eigenvalue weighted by Gasteiger charge is -2.16. The molecule has 0 spiro atoms.